The van der Waals surface area contributed by atoms with Gasteiger partial charge in [-0.25, -0.2) is 12.7 Å². The lowest BCUT2D eigenvalue weighted by molar-refractivity contribution is 0.398. The lowest BCUT2D eigenvalue weighted by Gasteiger charge is -2.18. The van der Waals surface area contributed by atoms with Crippen LogP contribution in [0.25, 0.3) is 0 Å². The van der Waals surface area contributed by atoms with Gasteiger partial charge >= 0.3 is 0 Å². The number of methoxy groups -OCH3 is 1. The lowest BCUT2D eigenvalue weighted by Crippen LogP contribution is -2.27. The van der Waals surface area contributed by atoms with E-state index in [9.17, 15) is 8.42 Å². The number of hydrogen-bond acceptors (Lipinski definition) is 4. The van der Waals surface area contributed by atoms with Gasteiger partial charge in [-0.2, -0.15) is 0 Å². The maximum Gasteiger partial charge on any atom is 0.246 e. The van der Waals surface area contributed by atoms with Crippen LogP contribution < -0.4 is 10.5 Å². The van der Waals surface area contributed by atoms with Gasteiger partial charge in [0.25, 0.3) is 0 Å². The van der Waals surface area contributed by atoms with E-state index < -0.39 is 10.0 Å². The van der Waals surface area contributed by atoms with Crippen molar-refractivity contribution in [1.82, 2.24) is 4.31 Å². The smallest absolute Gasteiger partial charge is 0.246 e. The fourth-order valence-corrected chi connectivity index (χ4v) is 2.72. The largest absolute Gasteiger partial charge is 0.495 e. The summed E-state index contributed by atoms with van der Waals surface area (Å²) in [7, 11) is -0.584. The molecular weight excluding hydrogens is 240 g/mol. The van der Waals surface area contributed by atoms with Crippen molar-refractivity contribution < 1.29 is 13.2 Å². The first-order chi connectivity index (χ1) is 7.84. The number of aryl methyl sites for hydroxylation is 1. The fourth-order valence-electron chi connectivity index (χ4n) is 1.38. The maximum atomic E-state index is 12.2. The van der Waals surface area contributed by atoms with Crippen molar-refractivity contribution in [1.29, 1.82) is 0 Å². The third kappa shape index (κ3) is 2.53. The maximum absolute atomic E-state index is 12.2. The van der Waals surface area contributed by atoms with E-state index in [0.29, 0.717) is 18.0 Å². The molecule has 0 amide bonds. The second-order valence-electron chi connectivity index (χ2n) is 3.78. The Labute approximate surface area is 102 Å². The average molecular weight is 258 g/mol. The number of nitrogens with two attached hydrogens (primary N) is 1. The van der Waals surface area contributed by atoms with Crippen LogP contribution in [0.1, 0.15) is 12.5 Å². The summed E-state index contributed by atoms with van der Waals surface area (Å²) in [5.74, 6) is 0.317. The van der Waals surface area contributed by atoms with E-state index in [2.05, 4.69) is 0 Å². The Morgan fingerprint density at radius 2 is 2.00 bits per heavy atom. The van der Waals surface area contributed by atoms with Crippen LogP contribution in [0, 0.1) is 6.92 Å². The van der Waals surface area contributed by atoms with Gasteiger partial charge in [0, 0.05) is 19.3 Å². The van der Waals surface area contributed by atoms with Crippen LogP contribution in [0.2, 0.25) is 0 Å². The van der Waals surface area contributed by atoms with Gasteiger partial charge in [-0.15, -0.1) is 0 Å². The highest BCUT2D eigenvalue weighted by molar-refractivity contribution is 7.89. The Morgan fingerprint density at radius 1 is 1.41 bits per heavy atom. The molecule has 0 heterocycles. The predicted molar refractivity (Wildman–Crippen MR) is 67.6 cm³/mol. The molecule has 96 valence electrons. The highest BCUT2D eigenvalue weighted by Crippen LogP contribution is 2.30. The molecule has 0 aliphatic carbocycles. The minimum Gasteiger partial charge on any atom is -0.495 e. The summed E-state index contributed by atoms with van der Waals surface area (Å²) < 4.78 is 30.7. The Hall–Kier alpha value is -1.27. The standard InChI is InChI=1S/C11H18N2O3S/c1-5-13(3)17(14,15)11-7-9(12)8(2)6-10(11)16-4/h6-7H,5,12H2,1-4H3. The van der Waals surface area contributed by atoms with Gasteiger partial charge in [0.15, 0.2) is 0 Å². The molecule has 2 N–H and O–H groups in total. The summed E-state index contributed by atoms with van der Waals surface area (Å²) in [6.07, 6.45) is 0. The normalized spacial score (nSPS) is 11.8. The van der Waals surface area contributed by atoms with Crippen LogP contribution in [0.3, 0.4) is 0 Å². The van der Waals surface area contributed by atoms with Crippen molar-refractivity contribution in [2.75, 3.05) is 26.4 Å². The van der Waals surface area contributed by atoms with Crippen LogP contribution in [-0.2, 0) is 10.0 Å². The van der Waals surface area contributed by atoms with Gasteiger partial charge in [0.2, 0.25) is 10.0 Å². The van der Waals surface area contributed by atoms with Gasteiger partial charge in [0.05, 0.1) is 7.11 Å². The highest BCUT2D eigenvalue weighted by Gasteiger charge is 2.24. The first-order valence-electron chi connectivity index (χ1n) is 5.25. The summed E-state index contributed by atoms with van der Waals surface area (Å²) in [5, 5.41) is 0. The molecule has 0 bridgehead atoms. The van der Waals surface area contributed by atoms with Crippen LogP contribution in [-0.4, -0.2) is 33.4 Å². The number of nitrogen functional groups attached to an aromatic ring is 1. The molecule has 0 unspecified atom stereocenters. The van der Waals surface area contributed by atoms with E-state index in [1.165, 1.54) is 24.5 Å². The SMILES string of the molecule is CCN(C)S(=O)(=O)c1cc(N)c(C)cc1OC. The monoisotopic (exact) mass is 258 g/mol. The number of benzene rings is 1. The first kappa shape index (κ1) is 13.8. The summed E-state index contributed by atoms with van der Waals surface area (Å²) >= 11 is 0. The number of hydrogen-bond donors (Lipinski definition) is 1. The van der Waals surface area contributed by atoms with Crippen LogP contribution in [0.4, 0.5) is 5.69 Å². The van der Waals surface area contributed by atoms with Gasteiger partial charge < -0.3 is 10.5 Å². The predicted octanol–water partition coefficient (Wildman–Crippen LogP) is 1.23. The van der Waals surface area contributed by atoms with Crippen molar-refractivity contribution in [3.8, 4) is 5.75 Å². The zero-order chi connectivity index (χ0) is 13.2. The molecule has 1 aromatic carbocycles. The summed E-state index contributed by atoms with van der Waals surface area (Å²) in [4.78, 5) is 0.104. The molecule has 1 aromatic rings. The molecule has 0 radical (unpaired) electrons. The van der Waals surface area contributed by atoms with Gasteiger partial charge in [-0.3, -0.25) is 0 Å². The molecule has 0 aliphatic heterocycles. The number of sulfonamides is 1. The highest BCUT2D eigenvalue weighted by atomic mass is 32.2. The van der Waals surface area contributed by atoms with Gasteiger partial charge in [-0.05, 0) is 24.6 Å². The minimum absolute atomic E-state index is 0.104. The van der Waals surface area contributed by atoms with E-state index in [1.807, 2.05) is 0 Å². The van der Waals surface area contributed by atoms with E-state index in [-0.39, 0.29) is 4.90 Å². The number of nitrogens with zero attached hydrogens (tertiary/aromatic N) is 1. The van der Waals surface area contributed by atoms with Crippen LogP contribution in [0.15, 0.2) is 17.0 Å². The molecule has 17 heavy (non-hydrogen) atoms. The van der Waals surface area contributed by atoms with Crippen molar-refractivity contribution in [2.45, 2.75) is 18.7 Å². The number of ether oxygens (including phenoxy) is 1. The summed E-state index contributed by atoms with van der Waals surface area (Å²) in [6, 6.07) is 3.07. The van der Waals surface area contributed by atoms with Crippen molar-refractivity contribution in [3.63, 3.8) is 0 Å². The molecule has 6 heteroatoms. The minimum atomic E-state index is -3.54. The Bertz CT molecular complexity index is 512. The van der Waals surface area contributed by atoms with Crippen LogP contribution >= 0.6 is 0 Å². The van der Waals surface area contributed by atoms with Crippen molar-refractivity contribution in [2.24, 2.45) is 0 Å². The van der Waals surface area contributed by atoms with Crippen molar-refractivity contribution in [3.05, 3.63) is 17.7 Å². The van der Waals surface area contributed by atoms with Gasteiger partial charge in [-0.1, -0.05) is 6.92 Å². The zero-order valence-electron chi connectivity index (χ0n) is 10.5. The molecule has 0 aromatic heterocycles. The number of rotatable bonds is 4. The van der Waals surface area contributed by atoms with E-state index in [0.717, 1.165) is 5.56 Å². The molecule has 0 saturated carbocycles. The molecule has 5 nitrogen and oxygen atoms in total. The van der Waals surface area contributed by atoms with E-state index in [4.69, 9.17) is 10.5 Å². The quantitative estimate of drug-likeness (QED) is 0.824. The third-order valence-electron chi connectivity index (χ3n) is 2.69. The summed E-state index contributed by atoms with van der Waals surface area (Å²) in [5.41, 5.74) is 6.97. The molecule has 0 fully saturated rings. The fraction of sp³-hybridized carbons (Fsp3) is 0.455. The second kappa shape index (κ2) is 4.93. The molecule has 0 spiro atoms. The molecule has 1 rings (SSSR count). The Morgan fingerprint density at radius 3 is 2.47 bits per heavy atom. The third-order valence-corrected chi connectivity index (χ3v) is 4.64. The average Bonchev–Trinajstić information content (AvgIpc) is 2.30. The zero-order valence-corrected chi connectivity index (χ0v) is 11.3. The van der Waals surface area contributed by atoms with Gasteiger partial charge in [0.1, 0.15) is 10.6 Å². The van der Waals surface area contributed by atoms with Crippen LogP contribution in [0.5, 0.6) is 5.75 Å². The molecule has 0 saturated heterocycles. The Balaban J connectivity index is 3.45. The topological polar surface area (TPSA) is 72.6 Å². The molecule has 0 aliphatic rings. The molecular formula is C11H18N2O3S. The van der Waals surface area contributed by atoms with E-state index in [1.54, 1.807) is 19.9 Å². The number of anilines is 1. The summed E-state index contributed by atoms with van der Waals surface area (Å²) in [6.45, 7) is 3.96. The van der Waals surface area contributed by atoms with Crippen molar-refractivity contribution >= 4 is 15.7 Å². The molecule has 0 atom stereocenters. The second-order valence-corrected chi connectivity index (χ2v) is 5.79. The van der Waals surface area contributed by atoms with E-state index >= 15 is 0 Å². The lowest BCUT2D eigenvalue weighted by atomic mass is 10.2. The first-order valence-corrected chi connectivity index (χ1v) is 6.69. The Kier molecular flexibility index (Phi) is 4.00.